The van der Waals surface area contributed by atoms with E-state index in [4.69, 9.17) is 17.0 Å². The molecule has 1 atom stereocenters. The quantitative estimate of drug-likeness (QED) is 0.729. The van der Waals surface area contributed by atoms with Crippen molar-refractivity contribution < 1.29 is 4.74 Å². The van der Waals surface area contributed by atoms with E-state index in [-0.39, 0.29) is 6.04 Å². The molecule has 3 nitrogen and oxygen atoms in total. The summed E-state index contributed by atoms with van der Waals surface area (Å²) < 4.78 is 6.45. The second kappa shape index (κ2) is 8.01. The van der Waals surface area contributed by atoms with Gasteiger partial charge in [-0.2, -0.15) is 0 Å². The minimum Gasteiger partial charge on any atom is -0.496 e. The van der Waals surface area contributed by atoms with Gasteiger partial charge >= 0.3 is 0 Å². The summed E-state index contributed by atoms with van der Waals surface area (Å²) in [6.07, 6.45) is 0. The molecule has 126 valence electrons. The third-order valence-electron chi connectivity index (χ3n) is 4.29. The van der Waals surface area contributed by atoms with E-state index in [1.165, 1.54) is 11.1 Å². The molecule has 5 heteroatoms. The van der Waals surface area contributed by atoms with Crippen molar-refractivity contribution in [1.29, 1.82) is 0 Å². The van der Waals surface area contributed by atoms with Crippen molar-refractivity contribution in [2.45, 2.75) is 19.5 Å². The molecule has 2 aromatic rings. The van der Waals surface area contributed by atoms with E-state index in [0.717, 1.165) is 29.2 Å². The molecule has 0 aromatic heterocycles. The number of thioether (sulfide) groups is 1. The number of nitrogens with zero attached hydrogens (tertiary/aromatic N) is 2. The second-order valence-electron chi connectivity index (χ2n) is 5.88. The normalized spacial score (nSPS) is 16.9. The van der Waals surface area contributed by atoms with Crippen LogP contribution in [0.15, 0.2) is 54.6 Å². The Morgan fingerprint density at radius 2 is 1.83 bits per heavy atom. The van der Waals surface area contributed by atoms with Crippen LogP contribution in [-0.2, 0) is 6.54 Å². The fourth-order valence-corrected chi connectivity index (χ4v) is 4.13. The van der Waals surface area contributed by atoms with Gasteiger partial charge in [0.2, 0.25) is 0 Å². The molecule has 1 fully saturated rings. The van der Waals surface area contributed by atoms with Crippen molar-refractivity contribution in [1.82, 2.24) is 9.80 Å². The topological polar surface area (TPSA) is 15.7 Å². The lowest BCUT2D eigenvalue weighted by atomic mass is 10.1. The summed E-state index contributed by atoms with van der Waals surface area (Å²) in [4.78, 5) is 4.70. The molecule has 0 amide bonds. The number of benzene rings is 2. The maximum atomic E-state index is 5.61. The molecular formula is C19H22N2OS2. The molecule has 0 saturated carbocycles. The first-order chi connectivity index (χ1) is 11.7. The first-order valence-electron chi connectivity index (χ1n) is 8.01. The summed E-state index contributed by atoms with van der Waals surface area (Å²) in [6, 6.07) is 19.0. The Hall–Kier alpha value is -1.56. The maximum absolute atomic E-state index is 5.61. The zero-order chi connectivity index (χ0) is 16.9. The van der Waals surface area contributed by atoms with Gasteiger partial charge < -0.3 is 9.64 Å². The molecule has 0 bridgehead atoms. The average Bonchev–Trinajstić information content (AvgIpc) is 2.64. The highest BCUT2D eigenvalue weighted by Gasteiger charge is 2.26. The van der Waals surface area contributed by atoms with Crippen LogP contribution in [-0.4, -0.2) is 33.8 Å². The SMILES string of the molecule is COc1ccccc1CN1CSC(=S)N(C(C)c2ccccc2)C1. The van der Waals surface area contributed by atoms with Crippen molar-refractivity contribution in [3.8, 4) is 5.75 Å². The van der Waals surface area contributed by atoms with Gasteiger partial charge in [0, 0.05) is 12.1 Å². The molecule has 0 aliphatic carbocycles. The Balaban J connectivity index is 1.72. The molecule has 24 heavy (non-hydrogen) atoms. The van der Waals surface area contributed by atoms with Crippen LogP contribution in [0.2, 0.25) is 0 Å². The Morgan fingerprint density at radius 3 is 2.58 bits per heavy atom. The first-order valence-corrected chi connectivity index (χ1v) is 9.41. The highest BCUT2D eigenvalue weighted by Crippen LogP contribution is 2.30. The smallest absolute Gasteiger partial charge is 0.139 e. The Morgan fingerprint density at radius 1 is 1.12 bits per heavy atom. The zero-order valence-electron chi connectivity index (χ0n) is 14.0. The Labute approximate surface area is 153 Å². The van der Waals surface area contributed by atoms with Gasteiger partial charge in [0.25, 0.3) is 0 Å². The summed E-state index contributed by atoms with van der Waals surface area (Å²) in [7, 11) is 1.72. The van der Waals surface area contributed by atoms with Crippen LogP contribution < -0.4 is 4.74 Å². The van der Waals surface area contributed by atoms with Crippen LogP contribution in [0, 0.1) is 0 Å². The molecule has 0 radical (unpaired) electrons. The summed E-state index contributed by atoms with van der Waals surface area (Å²) >= 11 is 7.34. The number of hydrogen-bond donors (Lipinski definition) is 0. The third-order valence-corrected chi connectivity index (χ3v) is 5.86. The van der Waals surface area contributed by atoms with Gasteiger partial charge in [-0.1, -0.05) is 72.5 Å². The van der Waals surface area contributed by atoms with Crippen LogP contribution in [0.1, 0.15) is 24.1 Å². The fraction of sp³-hybridized carbons (Fsp3) is 0.316. The molecule has 1 aliphatic heterocycles. The molecule has 2 aromatic carbocycles. The molecule has 0 N–H and O–H groups in total. The number of para-hydroxylation sites is 1. The first kappa shape index (κ1) is 17.3. The lowest BCUT2D eigenvalue weighted by Crippen LogP contribution is -2.45. The van der Waals surface area contributed by atoms with Gasteiger partial charge in [-0.3, -0.25) is 4.90 Å². The zero-order valence-corrected chi connectivity index (χ0v) is 15.6. The monoisotopic (exact) mass is 358 g/mol. The van der Waals surface area contributed by atoms with E-state index in [1.54, 1.807) is 18.9 Å². The summed E-state index contributed by atoms with van der Waals surface area (Å²) in [5.74, 6) is 1.85. The van der Waals surface area contributed by atoms with Gasteiger partial charge in [0.05, 0.1) is 25.7 Å². The van der Waals surface area contributed by atoms with Crippen LogP contribution in [0.25, 0.3) is 0 Å². The number of ether oxygens (including phenoxy) is 1. The van der Waals surface area contributed by atoms with Crippen LogP contribution in [0.4, 0.5) is 0 Å². The molecule has 1 saturated heterocycles. The van der Waals surface area contributed by atoms with Crippen molar-refractivity contribution in [2.24, 2.45) is 0 Å². The molecule has 1 aliphatic rings. The predicted molar refractivity (Wildman–Crippen MR) is 105 cm³/mol. The van der Waals surface area contributed by atoms with Crippen molar-refractivity contribution in [3.63, 3.8) is 0 Å². The standard InChI is InChI=1S/C19H22N2OS2/c1-15(16-8-4-3-5-9-16)21-13-20(14-24-19(21)23)12-17-10-6-7-11-18(17)22-2/h3-11,15H,12-14H2,1-2H3. The maximum Gasteiger partial charge on any atom is 0.139 e. The predicted octanol–water partition coefficient (Wildman–Crippen LogP) is 4.51. The summed E-state index contributed by atoms with van der Waals surface area (Å²) in [6.45, 7) is 3.91. The van der Waals surface area contributed by atoms with Gasteiger partial charge in [0.1, 0.15) is 10.1 Å². The van der Waals surface area contributed by atoms with Gasteiger partial charge in [-0.25, -0.2) is 0 Å². The van der Waals surface area contributed by atoms with E-state index >= 15 is 0 Å². The van der Waals surface area contributed by atoms with Crippen LogP contribution in [0.3, 0.4) is 0 Å². The van der Waals surface area contributed by atoms with E-state index in [0.29, 0.717) is 0 Å². The number of methoxy groups -OCH3 is 1. The average molecular weight is 359 g/mol. The summed E-state index contributed by atoms with van der Waals surface area (Å²) in [5.41, 5.74) is 2.50. The molecule has 0 spiro atoms. The Kier molecular flexibility index (Phi) is 5.76. The van der Waals surface area contributed by atoms with E-state index in [1.807, 2.05) is 18.2 Å². The molecule has 3 rings (SSSR count). The highest BCUT2D eigenvalue weighted by atomic mass is 32.2. The van der Waals surface area contributed by atoms with E-state index in [9.17, 15) is 0 Å². The minimum absolute atomic E-state index is 0.270. The molecule has 1 heterocycles. The van der Waals surface area contributed by atoms with Crippen molar-refractivity contribution in [3.05, 3.63) is 65.7 Å². The van der Waals surface area contributed by atoms with Gasteiger partial charge in [-0.15, -0.1) is 0 Å². The molecule has 1 unspecified atom stereocenters. The van der Waals surface area contributed by atoms with Gasteiger partial charge in [0.15, 0.2) is 0 Å². The van der Waals surface area contributed by atoms with E-state index < -0.39 is 0 Å². The largest absolute Gasteiger partial charge is 0.496 e. The lowest BCUT2D eigenvalue weighted by molar-refractivity contribution is 0.174. The summed E-state index contributed by atoms with van der Waals surface area (Å²) in [5, 5.41) is 0. The number of rotatable bonds is 5. The minimum atomic E-state index is 0.270. The van der Waals surface area contributed by atoms with Crippen molar-refractivity contribution >= 4 is 28.3 Å². The lowest BCUT2D eigenvalue weighted by Gasteiger charge is -2.40. The third kappa shape index (κ3) is 3.91. The number of hydrogen-bond acceptors (Lipinski definition) is 4. The van der Waals surface area contributed by atoms with Crippen molar-refractivity contribution in [2.75, 3.05) is 19.7 Å². The van der Waals surface area contributed by atoms with Crippen LogP contribution >= 0.6 is 24.0 Å². The molecular weight excluding hydrogens is 336 g/mol. The highest BCUT2D eigenvalue weighted by molar-refractivity contribution is 8.22. The second-order valence-corrected chi connectivity index (χ2v) is 7.46. The fourth-order valence-electron chi connectivity index (χ4n) is 2.91. The Bertz CT molecular complexity index is 693. The number of thiocarbonyl (C=S) groups is 1. The van der Waals surface area contributed by atoms with Gasteiger partial charge in [-0.05, 0) is 18.6 Å². The van der Waals surface area contributed by atoms with E-state index in [2.05, 4.69) is 53.1 Å². The van der Waals surface area contributed by atoms with Crippen LogP contribution in [0.5, 0.6) is 5.75 Å².